The van der Waals surface area contributed by atoms with Crippen molar-refractivity contribution in [3.8, 4) is 0 Å². The zero-order valence-corrected chi connectivity index (χ0v) is 6.13. The lowest BCUT2D eigenvalue weighted by molar-refractivity contribution is -0.156. The lowest BCUT2D eigenvalue weighted by atomic mass is 9.93. The van der Waals surface area contributed by atoms with Crippen LogP contribution >= 0.6 is 0 Å². The summed E-state index contributed by atoms with van der Waals surface area (Å²) in [5.74, 6) is 1.84. The van der Waals surface area contributed by atoms with Crippen molar-refractivity contribution in [1.82, 2.24) is 0 Å². The van der Waals surface area contributed by atoms with Crippen LogP contribution in [0.4, 0.5) is 0 Å². The fourth-order valence-electron chi connectivity index (χ4n) is 2.22. The second kappa shape index (κ2) is 1.72. The van der Waals surface area contributed by atoms with Gasteiger partial charge >= 0.3 is 0 Å². The molecule has 0 N–H and O–H groups in total. The van der Waals surface area contributed by atoms with Crippen molar-refractivity contribution < 1.29 is 4.74 Å². The third-order valence-corrected chi connectivity index (χ3v) is 2.78. The molecule has 1 heterocycles. The molecule has 1 heteroatoms. The summed E-state index contributed by atoms with van der Waals surface area (Å²) in [6.45, 7) is 4.52. The first-order chi connectivity index (χ1) is 4.27. The molecule has 0 amide bonds. The Morgan fingerprint density at radius 2 is 2.00 bits per heavy atom. The number of hydrogen-bond acceptors (Lipinski definition) is 1. The van der Waals surface area contributed by atoms with Crippen LogP contribution in [0.5, 0.6) is 0 Å². The highest BCUT2D eigenvalue weighted by molar-refractivity contribution is 4.93. The van der Waals surface area contributed by atoms with Gasteiger partial charge in [0, 0.05) is 5.92 Å². The molecule has 1 saturated heterocycles. The van der Waals surface area contributed by atoms with Crippen LogP contribution in [0.1, 0.15) is 26.7 Å². The van der Waals surface area contributed by atoms with Crippen molar-refractivity contribution >= 4 is 0 Å². The molecule has 1 saturated carbocycles. The molecule has 2 rings (SSSR count). The summed E-state index contributed by atoms with van der Waals surface area (Å²) in [5.41, 5.74) is 0. The monoisotopic (exact) mass is 126 g/mol. The lowest BCUT2D eigenvalue weighted by Gasteiger charge is -2.38. The van der Waals surface area contributed by atoms with E-state index in [-0.39, 0.29) is 0 Å². The van der Waals surface area contributed by atoms with E-state index in [2.05, 4.69) is 13.8 Å². The van der Waals surface area contributed by atoms with Crippen LogP contribution in [0.3, 0.4) is 0 Å². The molecule has 0 aromatic carbocycles. The van der Waals surface area contributed by atoms with Gasteiger partial charge in [0.05, 0.1) is 12.2 Å². The highest BCUT2D eigenvalue weighted by Crippen LogP contribution is 2.43. The van der Waals surface area contributed by atoms with Gasteiger partial charge in [0.15, 0.2) is 0 Å². The van der Waals surface area contributed by atoms with Gasteiger partial charge < -0.3 is 4.74 Å². The van der Waals surface area contributed by atoms with E-state index in [0.29, 0.717) is 12.2 Å². The van der Waals surface area contributed by atoms with E-state index in [1.165, 1.54) is 12.8 Å². The van der Waals surface area contributed by atoms with Gasteiger partial charge in [0.2, 0.25) is 0 Å². The van der Waals surface area contributed by atoms with E-state index in [1.54, 1.807) is 0 Å². The maximum absolute atomic E-state index is 5.53. The summed E-state index contributed by atoms with van der Waals surface area (Å²) >= 11 is 0. The third-order valence-electron chi connectivity index (χ3n) is 2.78. The minimum atomic E-state index is 0.569. The molecule has 2 aliphatic rings. The molecule has 0 aromatic heterocycles. The largest absolute Gasteiger partial charge is 0.374 e. The Bertz CT molecular complexity index is 122. The van der Waals surface area contributed by atoms with Crippen LogP contribution in [-0.2, 0) is 4.74 Å². The summed E-state index contributed by atoms with van der Waals surface area (Å²) in [4.78, 5) is 0. The Morgan fingerprint density at radius 1 is 1.22 bits per heavy atom. The van der Waals surface area contributed by atoms with Gasteiger partial charge in [-0.15, -0.1) is 0 Å². The van der Waals surface area contributed by atoms with Crippen molar-refractivity contribution in [2.75, 3.05) is 0 Å². The molecule has 2 unspecified atom stereocenters. The van der Waals surface area contributed by atoms with E-state index in [9.17, 15) is 0 Å². The van der Waals surface area contributed by atoms with Gasteiger partial charge in [-0.2, -0.15) is 0 Å². The smallest absolute Gasteiger partial charge is 0.0634 e. The van der Waals surface area contributed by atoms with Crippen molar-refractivity contribution in [2.45, 2.75) is 38.9 Å². The Hall–Kier alpha value is -0.0400. The fraction of sp³-hybridized carbons (Fsp3) is 1.00. The van der Waals surface area contributed by atoms with E-state index >= 15 is 0 Å². The zero-order chi connectivity index (χ0) is 6.43. The summed E-state index contributed by atoms with van der Waals surface area (Å²) in [6, 6.07) is 0. The Balaban J connectivity index is 2.00. The Labute approximate surface area is 56.4 Å². The summed E-state index contributed by atoms with van der Waals surface area (Å²) in [6.07, 6.45) is 3.94. The minimum Gasteiger partial charge on any atom is -0.374 e. The van der Waals surface area contributed by atoms with Crippen molar-refractivity contribution in [3.05, 3.63) is 0 Å². The fourth-order valence-corrected chi connectivity index (χ4v) is 2.22. The highest BCUT2D eigenvalue weighted by Gasteiger charge is 2.45. The molecular weight excluding hydrogens is 112 g/mol. The quantitative estimate of drug-likeness (QED) is 0.481. The summed E-state index contributed by atoms with van der Waals surface area (Å²) in [7, 11) is 0. The molecule has 1 aliphatic heterocycles. The molecule has 0 radical (unpaired) electrons. The molecular formula is C8H14O. The van der Waals surface area contributed by atoms with E-state index < -0.39 is 0 Å². The summed E-state index contributed by atoms with van der Waals surface area (Å²) in [5, 5.41) is 0. The molecule has 9 heavy (non-hydrogen) atoms. The predicted octanol–water partition coefficient (Wildman–Crippen LogP) is 1.82. The lowest BCUT2D eigenvalue weighted by Crippen LogP contribution is -2.42. The third kappa shape index (κ3) is 0.710. The molecule has 2 fully saturated rings. The van der Waals surface area contributed by atoms with Crippen LogP contribution in [0.2, 0.25) is 0 Å². The maximum atomic E-state index is 5.53. The number of hydrogen-bond donors (Lipinski definition) is 0. The first kappa shape index (κ1) is 5.72. The number of ether oxygens (including phenoxy) is 1. The molecule has 1 nitrogen and oxygen atoms in total. The predicted molar refractivity (Wildman–Crippen MR) is 36.2 cm³/mol. The van der Waals surface area contributed by atoms with Crippen LogP contribution in [-0.4, -0.2) is 12.2 Å². The first-order valence-corrected chi connectivity index (χ1v) is 3.93. The van der Waals surface area contributed by atoms with Gasteiger partial charge in [-0.1, -0.05) is 6.92 Å². The van der Waals surface area contributed by atoms with Crippen LogP contribution in [0, 0.1) is 11.8 Å². The second-order valence-electron chi connectivity index (χ2n) is 3.62. The van der Waals surface area contributed by atoms with Gasteiger partial charge in [-0.3, -0.25) is 0 Å². The number of fused-ring (bicyclic) bond motifs is 1. The molecule has 4 atom stereocenters. The average Bonchev–Trinajstić information content (AvgIpc) is 2.08. The molecule has 0 bridgehead atoms. The van der Waals surface area contributed by atoms with Crippen LogP contribution in [0.25, 0.3) is 0 Å². The van der Waals surface area contributed by atoms with E-state index in [4.69, 9.17) is 4.74 Å². The van der Waals surface area contributed by atoms with E-state index in [0.717, 1.165) is 11.8 Å². The highest BCUT2D eigenvalue weighted by atomic mass is 16.5. The van der Waals surface area contributed by atoms with Crippen molar-refractivity contribution in [1.29, 1.82) is 0 Å². The molecule has 0 spiro atoms. The van der Waals surface area contributed by atoms with Crippen molar-refractivity contribution in [3.63, 3.8) is 0 Å². The van der Waals surface area contributed by atoms with Gasteiger partial charge in [-0.05, 0) is 25.7 Å². The maximum Gasteiger partial charge on any atom is 0.0634 e. The number of rotatable bonds is 0. The van der Waals surface area contributed by atoms with Crippen LogP contribution < -0.4 is 0 Å². The topological polar surface area (TPSA) is 9.23 Å². The molecule has 0 aromatic rings. The normalized spacial score (nSPS) is 56.7. The Morgan fingerprint density at radius 3 is 2.44 bits per heavy atom. The zero-order valence-electron chi connectivity index (χ0n) is 6.13. The molecule has 52 valence electrons. The van der Waals surface area contributed by atoms with Gasteiger partial charge in [-0.25, -0.2) is 0 Å². The first-order valence-electron chi connectivity index (χ1n) is 3.93. The SMILES string of the molecule is C[C@H]1CC2O[C@@H](C)C2C1. The van der Waals surface area contributed by atoms with E-state index in [1.807, 2.05) is 0 Å². The summed E-state index contributed by atoms with van der Waals surface area (Å²) < 4.78 is 5.53. The molecule has 1 aliphatic carbocycles. The van der Waals surface area contributed by atoms with Gasteiger partial charge in [0.1, 0.15) is 0 Å². The minimum absolute atomic E-state index is 0.569. The second-order valence-corrected chi connectivity index (χ2v) is 3.62. The standard InChI is InChI=1S/C8H14O/c1-5-3-7-6(2)9-8(7)4-5/h5-8H,3-4H2,1-2H3/t5-,6+,7?,8?/m1/s1. The Kier molecular flexibility index (Phi) is 1.10. The van der Waals surface area contributed by atoms with Crippen LogP contribution in [0.15, 0.2) is 0 Å². The average molecular weight is 126 g/mol. The van der Waals surface area contributed by atoms with Crippen molar-refractivity contribution in [2.24, 2.45) is 11.8 Å². The van der Waals surface area contributed by atoms with Gasteiger partial charge in [0.25, 0.3) is 0 Å².